The van der Waals surface area contributed by atoms with Gasteiger partial charge < -0.3 is 20.1 Å². The summed E-state index contributed by atoms with van der Waals surface area (Å²) in [6.07, 6.45) is -1.56. The Labute approximate surface area is 102 Å². The predicted molar refractivity (Wildman–Crippen MR) is 60.5 cm³/mol. The van der Waals surface area contributed by atoms with Gasteiger partial charge >= 0.3 is 11.8 Å². The normalized spacial score (nSPS) is 10.4. The highest BCUT2D eigenvalue weighted by Gasteiger charge is 2.25. The molecule has 0 aliphatic rings. The Kier molecular flexibility index (Phi) is 2.67. The largest absolute Gasteiger partial charge is 0.512 e. The molecule has 0 fully saturated rings. The molecule has 0 radical (unpaired) electrons. The minimum atomic E-state index is -1.56. The fraction of sp³-hybridized carbons (Fsp3) is 0. The van der Waals surface area contributed by atoms with Gasteiger partial charge in [0, 0.05) is 11.5 Å². The first kappa shape index (κ1) is 11.9. The second kappa shape index (κ2) is 4.04. The fourth-order valence-electron chi connectivity index (χ4n) is 1.42. The van der Waals surface area contributed by atoms with Crippen LogP contribution in [0.15, 0.2) is 12.1 Å². The predicted octanol–water partition coefficient (Wildman–Crippen LogP) is 2.28. The molecule has 0 aliphatic carbocycles. The summed E-state index contributed by atoms with van der Waals surface area (Å²) in [4.78, 5) is 20.3. The fourth-order valence-corrected chi connectivity index (χ4v) is 2.43. The van der Waals surface area contributed by atoms with Crippen molar-refractivity contribution in [2.45, 2.75) is 0 Å². The molecule has 0 unspecified atom stereocenters. The van der Waals surface area contributed by atoms with Crippen LogP contribution in [0.25, 0.3) is 10.1 Å². The van der Waals surface area contributed by atoms with Gasteiger partial charge in [-0.25, -0.2) is 4.79 Å². The van der Waals surface area contributed by atoms with Crippen molar-refractivity contribution in [1.29, 1.82) is 0 Å². The van der Waals surface area contributed by atoms with Crippen LogP contribution in [0.2, 0.25) is 0 Å². The lowest BCUT2D eigenvalue weighted by Gasteiger charge is -1.99. The monoisotopic (exact) mass is 271 g/mol. The van der Waals surface area contributed by atoms with Crippen LogP contribution < -0.4 is 4.74 Å². The second-order valence-electron chi connectivity index (χ2n) is 3.20. The minimum Gasteiger partial charge on any atom is -0.504 e. The zero-order valence-corrected chi connectivity index (χ0v) is 9.30. The van der Waals surface area contributed by atoms with Crippen molar-refractivity contribution in [3.63, 3.8) is 0 Å². The Hall–Kier alpha value is -2.55. The molecular formula is C9H5NO7S. The number of nitro benzene ring substituents is 1. The van der Waals surface area contributed by atoms with E-state index in [1.807, 2.05) is 0 Å². The van der Waals surface area contributed by atoms with E-state index in [0.717, 1.165) is 6.07 Å². The van der Waals surface area contributed by atoms with Crippen LogP contribution in [-0.2, 0) is 0 Å². The maximum atomic E-state index is 10.8. The van der Waals surface area contributed by atoms with Gasteiger partial charge in [-0.05, 0) is 6.07 Å². The summed E-state index contributed by atoms with van der Waals surface area (Å²) in [5.74, 6) is -1.52. The molecule has 1 aromatic carbocycles. The zero-order valence-electron chi connectivity index (χ0n) is 8.48. The van der Waals surface area contributed by atoms with Gasteiger partial charge in [0.05, 0.1) is 4.92 Å². The van der Waals surface area contributed by atoms with E-state index in [1.165, 1.54) is 6.07 Å². The van der Waals surface area contributed by atoms with E-state index in [0.29, 0.717) is 11.3 Å². The number of nitro groups is 1. The zero-order chi connectivity index (χ0) is 13.4. The van der Waals surface area contributed by atoms with E-state index in [4.69, 9.17) is 5.11 Å². The van der Waals surface area contributed by atoms with Crippen LogP contribution >= 0.6 is 11.3 Å². The minimum absolute atomic E-state index is 0.0200. The number of ether oxygens (including phenoxy) is 1. The van der Waals surface area contributed by atoms with Gasteiger partial charge in [-0.2, -0.15) is 0 Å². The first-order valence-electron chi connectivity index (χ1n) is 4.43. The number of thiophene rings is 1. The molecule has 3 N–H and O–H groups in total. The molecule has 8 nitrogen and oxygen atoms in total. The molecule has 0 aliphatic heterocycles. The van der Waals surface area contributed by atoms with Gasteiger partial charge in [-0.3, -0.25) is 10.1 Å². The van der Waals surface area contributed by atoms with Crippen LogP contribution in [0, 0.1) is 10.1 Å². The number of phenols is 2. The quantitative estimate of drug-likeness (QED) is 0.330. The van der Waals surface area contributed by atoms with E-state index < -0.39 is 28.3 Å². The third-order valence-corrected chi connectivity index (χ3v) is 3.12. The number of rotatable bonds is 2. The number of aromatic hydroxyl groups is 2. The molecule has 18 heavy (non-hydrogen) atoms. The summed E-state index contributed by atoms with van der Waals surface area (Å²) in [7, 11) is 0. The van der Waals surface area contributed by atoms with Crippen LogP contribution in [0.1, 0.15) is 0 Å². The average molecular weight is 271 g/mol. The van der Waals surface area contributed by atoms with Gasteiger partial charge in [-0.1, -0.05) is 11.3 Å². The highest BCUT2D eigenvalue weighted by atomic mass is 32.1. The van der Waals surface area contributed by atoms with Crippen LogP contribution in [0.3, 0.4) is 0 Å². The molecule has 2 rings (SSSR count). The van der Waals surface area contributed by atoms with Crippen molar-refractivity contribution >= 4 is 33.3 Å². The van der Waals surface area contributed by atoms with Gasteiger partial charge in [0.15, 0.2) is 10.8 Å². The molecule has 0 atom stereocenters. The summed E-state index contributed by atoms with van der Waals surface area (Å²) in [6, 6.07) is 2.31. The molecule has 94 valence electrons. The summed E-state index contributed by atoms with van der Waals surface area (Å²) in [6.45, 7) is 0. The lowest BCUT2D eigenvalue weighted by Crippen LogP contribution is -2.00. The number of nitrogens with zero attached hydrogens (tertiary/aromatic N) is 1. The van der Waals surface area contributed by atoms with Gasteiger partial charge in [-0.15, -0.1) is 0 Å². The van der Waals surface area contributed by atoms with E-state index in [1.54, 1.807) is 0 Å². The first-order chi connectivity index (χ1) is 8.40. The Bertz CT molecular complexity index is 662. The van der Waals surface area contributed by atoms with Crippen molar-refractivity contribution in [2.24, 2.45) is 0 Å². The van der Waals surface area contributed by atoms with Crippen molar-refractivity contribution in [3.8, 4) is 16.6 Å². The Balaban J connectivity index is 2.71. The molecular weight excluding hydrogens is 266 g/mol. The number of phenolic OH excluding ortho intramolecular Hbond substituents is 2. The highest BCUT2D eigenvalue weighted by Crippen LogP contribution is 2.46. The van der Waals surface area contributed by atoms with E-state index in [-0.39, 0.29) is 15.1 Å². The van der Waals surface area contributed by atoms with Crippen molar-refractivity contribution in [3.05, 3.63) is 22.2 Å². The smallest absolute Gasteiger partial charge is 0.504 e. The summed E-state index contributed by atoms with van der Waals surface area (Å²) >= 11 is 0.688. The Morgan fingerprint density at radius 3 is 2.61 bits per heavy atom. The standard InChI is InChI=1S/C9H5NO7S/c11-4-1-3-2-5(17-9(13)14)18-8(3)6(7(4)12)10(15)16/h1-2,11-12H,(H,13,14). The van der Waals surface area contributed by atoms with Crippen LogP contribution in [0.4, 0.5) is 10.5 Å². The number of benzene rings is 1. The summed E-state index contributed by atoms with van der Waals surface area (Å²) < 4.78 is 4.38. The topological polar surface area (TPSA) is 130 Å². The number of carbonyl (C=O) groups is 1. The SMILES string of the molecule is O=C(O)Oc1cc2cc(O)c(O)c([N+](=O)[O-])c2s1. The van der Waals surface area contributed by atoms with Crippen LogP contribution in [0.5, 0.6) is 16.6 Å². The lowest BCUT2D eigenvalue weighted by atomic mass is 10.2. The van der Waals surface area contributed by atoms with E-state index >= 15 is 0 Å². The van der Waals surface area contributed by atoms with E-state index in [2.05, 4.69) is 4.74 Å². The molecule has 0 bridgehead atoms. The summed E-state index contributed by atoms with van der Waals surface area (Å²) in [5, 5.41) is 38.1. The molecule has 0 amide bonds. The molecule has 0 saturated carbocycles. The second-order valence-corrected chi connectivity index (χ2v) is 4.22. The van der Waals surface area contributed by atoms with Gasteiger partial charge in [0.25, 0.3) is 0 Å². The maximum absolute atomic E-state index is 10.8. The van der Waals surface area contributed by atoms with Gasteiger partial charge in [0.1, 0.15) is 4.70 Å². The highest BCUT2D eigenvalue weighted by molar-refractivity contribution is 7.21. The summed E-state index contributed by atoms with van der Waals surface area (Å²) in [5.41, 5.74) is -0.685. The number of hydrogen-bond acceptors (Lipinski definition) is 7. The molecule has 0 saturated heterocycles. The van der Waals surface area contributed by atoms with Crippen molar-refractivity contribution in [2.75, 3.05) is 0 Å². The Morgan fingerprint density at radius 2 is 2.06 bits per heavy atom. The van der Waals surface area contributed by atoms with Gasteiger partial charge in [0.2, 0.25) is 5.75 Å². The maximum Gasteiger partial charge on any atom is 0.512 e. The van der Waals surface area contributed by atoms with Crippen molar-refractivity contribution < 1.29 is 29.8 Å². The number of fused-ring (bicyclic) bond motifs is 1. The lowest BCUT2D eigenvalue weighted by molar-refractivity contribution is -0.383. The van der Waals surface area contributed by atoms with Crippen LogP contribution in [-0.4, -0.2) is 26.4 Å². The third-order valence-electron chi connectivity index (χ3n) is 2.08. The molecule has 9 heteroatoms. The van der Waals surface area contributed by atoms with Crippen molar-refractivity contribution in [1.82, 2.24) is 0 Å². The average Bonchev–Trinajstić information content (AvgIpc) is 2.59. The Morgan fingerprint density at radius 1 is 1.39 bits per heavy atom. The van der Waals surface area contributed by atoms with E-state index in [9.17, 15) is 25.1 Å². The number of hydrogen-bond donors (Lipinski definition) is 3. The molecule has 1 aromatic heterocycles. The molecule has 0 spiro atoms. The first-order valence-corrected chi connectivity index (χ1v) is 5.25. The third kappa shape index (κ3) is 1.86. The molecule has 2 aromatic rings. The number of carboxylic acid groups (broad SMARTS) is 1. The molecule has 1 heterocycles.